The number of aromatic nitrogens is 3. The van der Waals surface area contributed by atoms with E-state index in [-0.39, 0.29) is 0 Å². The Morgan fingerprint density at radius 2 is 1.85 bits per heavy atom. The molecule has 2 heterocycles. The number of aromatic amines is 1. The van der Waals surface area contributed by atoms with Crippen LogP contribution < -0.4 is 0 Å². The Bertz CT molecular complexity index is 1150. The van der Waals surface area contributed by atoms with Gasteiger partial charge in [0.25, 0.3) is 0 Å². The molecule has 4 aromatic rings. The minimum Gasteiger partial charge on any atom is -0.338 e. The van der Waals surface area contributed by atoms with Gasteiger partial charge in [0.1, 0.15) is 5.82 Å². The van der Waals surface area contributed by atoms with E-state index in [0.717, 1.165) is 29.0 Å². The van der Waals surface area contributed by atoms with Crippen LogP contribution in [0.1, 0.15) is 11.1 Å². The van der Waals surface area contributed by atoms with Gasteiger partial charge in [-0.2, -0.15) is 13.2 Å². The molecule has 7 heteroatoms. The maximum absolute atomic E-state index is 12.9. The topological polar surface area (TPSA) is 41.6 Å². The zero-order valence-electron chi connectivity index (χ0n) is 14.1. The van der Waals surface area contributed by atoms with Gasteiger partial charge in [0, 0.05) is 17.3 Å². The Kier molecular flexibility index (Phi) is 4.15. The minimum absolute atomic E-state index is 0.320. The normalized spacial score (nSPS) is 11.9. The van der Waals surface area contributed by atoms with Crippen LogP contribution in [-0.4, -0.2) is 15.0 Å². The first-order chi connectivity index (χ1) is 12.8. The number of fused-ring (bicyclic) bond motifs is 1. The number of imidazole rings is 1. The lowest BCUT2D eigenvalue weighted by atomic mass is 10.0. The Morgan fingerprint density at radius 3 is 2.56 bits per heavy atom. The largest absolute Gasteiger partial charge is 0.416 e. The number of H-pyrrole nitrogens is 1. The van der Waals surface area contributed by atoms with Crippen LogP contribution in [0.15, 0.2) is 54.7 Å². The third-order valence-electron chi connectivity index (χ3n) is 4.32. The quantitative estimate of drug-likeness (QED) is 0.440. The summed E-state index contributed by atoms with van der Waals surface area (Å²) in [6.45, 7) is 1.95. The van der Waals surface area contributed by atoms with Crippen molar-refractivity contribution >= 4 is 22.6 Å². The van der Waals surface area contributed by atoms with Crippen LogP contribution in [0.3, 0.4) is 0 Å². The zero-order chi connectivity index (χ0) is 19.2. The number of nitrogens with zero attached hydrogens (tertiary/aromatic N) is 2. The Balaban J connectivity index is 1.76. The van der Waals surface area contributed by atoms with Gasteiger partial charge >= 0.3 is 6.18 Å². The molecule has 0 unspecified atom stereocenters. The van der Waals surface area contributed by atoms with Crippen molar-refractivity contribution in [2.45, 2.75) is 13.1 Å². The standard InChI is InChI=1S/C20H13ClF3N3/c1-11-3-2-8-25-18(11)14-6-4-12(9-15(14)21)19-26-16-7-5-13(20(22,23)24)10-17(16)27-19/h2-10H,1H3,(H,26,27). The molecule has 136 valence electrons. The second kappa shape index (κ2) is 6.39. The van der Waals surface area contributed by atoms with Crippen molar-refractivity contribution in [1.29, 1.82) is 0 Å². The van der Waals surface area contributed by atoms with Crippen LogP contribution in [0.2, 0.25) is 5.02 Å². The molecule has 4 rings (SSSR count). The summed E-state index contributed by atoms with van der Waals surface area (Å²) >= 11 is 6.44. The van der Waals surface area contributed by atoms with E-state index in [0.29, 0.717) is 27.4 Å². The van der Waals surface area contributed by atoms with Crippen molar-refractivity contribution in [2.75, 3.05) is 0 Å². The first-order valence-corrected chi connectivity index (χ1v) is 8.49. The molecule has 0 aliphatic heterocycles. The van der Waals surface area contributed by atoms with Gasteiger partial charge in [0.2, 0.25) is 0 Å². The van der Waals surface area contributed by atoms with E-state index in [1.165, 1.54) is 6.07 Å². The molecule has 0 fully saturated rings. The van der Waals surface area contributed by atoms with Crippen LogP contribution >= 0.6 is 11.6 Å². The van der Waals surface area contributed by atoms with Gasteiger partial charge in [0.15, 0.2) is 0 Å². The van der Waals surface area contributed by atoms with Crippen molar-refractivity contribution < 1.29 is 13.2 Å². The molecule has 0 spiro atoms. The zero-order valence-corrected chi connectivity index (χ0v) is 14.9. The van der Waals surface area contributed by atoms with Crippen LogP contribution in [0.25, 0.3) is 33.7 Å². The summed E-state index contributed by atoms with van der Waals surface area (Å²) in [7, 11) is 0. The maximum atomic E-state index is 12.9. The van der Waals surface area contributed by atoms with Gasteiger partial charge in [-0.15, -0.1) is 0 Å². The summed E-state index contributed by atoms with van der Waals surface area (Å²) in [6.07, 6.45) is -2.70. The van der Waals surface area contributed by atoms with E-state index in [1.54, 1.807) is 12.3 Å². The summed E-state index contributed by atoms with van der Waals surface area (Å²) in [5.74, 6) is 0.454. The molecule has 0 aliphatic carbocycles. The maximum Gasteiger partial charge on any atom is 0.416 e. The van der Waals surface area contributed by atoms with E-state index < -0.39 is 11.7 Å². The number of alkyl halides is 3. The third-order valence-corrected chi connectivity index (χ3v) is 4.63. The number of pyridine rings is 1. The number of hydrogen-bond donors (Lipinski definition) is 1. The molecule has 2 aromatic carbocycles. The average Bonchev–Trinajstić information content (AvgIpc) is 3.05. The predicted molar refractivity (Wildman–Crippen MR) is 99.5 cm³/mol. The lowest BCUT2D eigenvalue weighted by Crippen LogP contribution is -2.04. The Labute approximate surface area is 157 Å². The van der Waals surface area contributed by atoms with Crippen molar-refractivity contribution in [3.63, 3.8) is 0 Å². The Hall–Kier alpha value is -2.86. The molecule has 0 saturated carbocycles. The molecule has 0 saturated heterocycles. The SMILES string of the molecule is Cc1cccnc1-c1ccc(-c2nc3ccc(C(F)(F)F)cc3[nH]2)cc1Cl. The first-order valence-electron chi connectivity index (χ1n) is 8.12. The van der Waals surface area contributed by atoms with Crippen LogP contribution in [0, 0.1) is 6.92 Å². The number of hydrogen-bond acceptors (Lipinski definition) is 2. The van der Waals surface area contributed by atoms with E-state index >= 15 is 0 Å². The van der Waals surface area contributed by atoms with Gasteiger partial charge in [-0.3, -0.25) is 4.98 Å². The van der Waals surface area contributed by atoms with Gasteiger partial charge in [-0.25, -0.2) is 4.98 Å². The highest BCUT2D eigenvalue weighted by molar-refractivity contribution is 6.33. The highest BCUT2D eigenvalue weighted by atomic mass is 35.5. The van der Waals surface area contributed by atoms with Crippen molar-refractivity contribution in [3.05, 3.63) is 70.9 Å². The van der Waals surface area contributed by atoms with Crippen molar-refractivity contribution in [1.82, 2.24) is 15.0 Å². The number of aryl methyl sites for hydroxylation is 1. The van der Waals surface area contributed by atoms with Gasteiger partial charge in [0.05, 0.1) is 27.3 Å². The fourth-order valence-corrected chi connectivity index (χ4v) is 3.21. The second-order valence-electron chi connectivity index (χ2n) is 6.18. The molecule has 0 amide bonds. The van der Waals surface area contributed by atoms with Gasteiger partial charge in [-0.05, 0) is 42.8 Å². The molecule has 0 bridgehead atoms. The van der Waals surface area contributed by atoms with Gasteiger partial charge in [-0.1, -0.05) is 29.8 Å². The molecule has 27 heavy (non-hydrogen) atoms. The number of benzene rings is 2. The van der Waals surface area contributed by atoms with E-state index in [4.69, 9.17) is 11.6 Å². The molecule has 0 radical (unpaired) electrons. The molecular weight excluding hydrogens is 375 g/mol. The monoisotopic (exact) mass is 387 g/mol. The van der Waals surface area contributed by atoms with Crippen LogP contribution in [0.4, 0.5) is 13.2 Å². The highest BCUT2D eigenvalue weighted by Gasteiger charge is 2.30. The van der Waals surface area contributed by atoms with E-state index in [9.17, 15) is 13.2 Å². The van der Waals surface area contributed by atoms with E-state index in [1.807, 2.05) is 31.2 Å². The third kappa shape index (κ3) is 3.28. The summed E-state index contributed by atoms with van der Waals surface area (Å²) in [6, 6.07) is 12.6. The summed E-state index contributed by atoms with van der Waals surface area (Å²) in [5, 5.41) is 0.491. The summed E-state index contributed by atoms with van der Waals surface area (Å²) < 4.78 is 38.6. The average molecular weight is 388 g/mol. The lowest BCUT2D eigenvalue weighted by molar-refractivity contribution is -0.137. The molecule has 1 N–H and O–H groups in total. The molecule has 0 aliphatic rings. The van der Waals surface area contributed by atoms with Crippen molar-refractivity contribution in [3.8, 4) is 22.6 Å². The molecule has 0 atom stereocenters. The van der Waals surface area contributed by atoms with Gasteiger partial charge < -0.3 is 4.98 Å². The highest BCUT2D eigenvalue weighted by Crippen LogP contribution is 2.34. The smallest absolute Gasteiger partial charge is 0.338 e. The van der Waals surface area contributed by atoms with Crippen molar-refractivity contribution in [2.24, 2.45) is 0 Å². The summed E-state index contributed by atoms with van der Waals surface area (Å²) in [5.41, 5.74) is 3.31. The molecule has 3 nitrogen and oxygen atoms in total. The van der Waals surface area contributed by atoms with Crippen LogP contribution in [0.5, 0.6) is 0 Å². The second-order valence-corrected chi connectivity index (χ2v) is 6.59. The first kappa shape index (κ1) is 17.5. The van der Waals surface area contributed by atoms with E-state index in [2.05, 4.69) is 15.0 Å². The summed E-state index contributed by atoms with van der Waals surface area (Å²) in [4.78, 5) is 11.7. The number of rotatable bonds is 2. The molecule has 2 aromatic heterocycles. The number of halogens is 4. The lowest BCUT2D eigenvalue weighted by Gasteiger charge is -2.08. The van der Waals surface area contributed by atoms with Crippen LogP contribution in [-0.2, 0) is 6.18 Å². The predicted octanol–water partition coefficient (Wildman–Crippen LogP) is 6.27. The minimum atomic E-state index is -4.40. The fourth-order valence-electron chi connectivity index (χ4n) is 2.94. The number of nitrogens with one attached hydrogen (secondary N) is 1. The molecular formula is C20H13ClF3N3. The Morgan fingerprint density at radius 1 is 1.04 bits per heavy atom. The fraction of sp³-hybridized carbons (Fsp3) is 0.100.